The summed E-state index contributed by atoms with van der Waals surface area (Å²) < 4.78 is 25.9. The number of carbonyl (C=O) groups excluding carboxylic acids is 1. The van der Waals surface area contributed by atoms with Gasteiger partial charge in [-0.2, -0.15) is 5.10 Å². The van der Waals surface area contributed by atoms with Crippen molar-refractivity contribution in [2.24, 2.45) is 0 Å². The fourth-order valence-electron chi connectivity index (χ4n) is 3.58. The monoisotopic (exact) mass is 397 g/mol. The molecule has 1 aliphatic carbocycles. The van der Waals surface area contributed by atoms with Crippen LogP contribution in [0.15, 0.2) is 36.4 Å². The molecule has 0 spiro atoms. The Morgan fingerprint density at radius 1 is 1.21 bits per heavy atom. The maximum absolute atomic E-state index is 13.4. The van der Waals surface area contributed by atoms with Crippen molar-refractivity contribution in [2.45, 2.75) is 6.42 Å². The van der Waals surface area contributed by atoms with Gasteiger partial charge in [0.25, 0.3) is 5.91 Å². The molecule has 4 rings (SSSR count). The van der Waals surface area contributed by atoms with E-state index in [0.717, 1.165) is 22.4 Å². The Balaban J connectivity index is 1.90. The van der Waals surface area contributed by atoms with E-state index in [0.29, 0.717) is 23.6 Å². The number of aliphatic hydroxyl groups excluding tert-OH is 1. The van der Waals surface area contributed by atoms with Crippen molar-refractivity contribution in [1.82, 2.24) is 15.1 Å². The number of methoxy groups -OCH3 is 2. The number of fused-ring (bicyclic) bond motifs is 3. The van der Waals surface area contributed by atoms with Crippen molar-refractivity contribution in [3.8, 4) is 28.4 Å². The standard InChI is InChI=1S/C21H20FN3O4/c1-28-17-10-12-9-16-19(21(27)23-7-8-26)24-25(14-5-3-13(22)4-6-14)20(16)15(12)11-18(17)29-2/h3-6,10-11,26H,7-9H2,1-2H3,(H,23,27). The van der Waals surface area contributed by atoms with Crippen LogP contribution in [0.4, 0.5) is 4.39 Å². The summed E-state index contributed by atoms with van der Waals surface area (Å²) in [5.41, 5.74) is 4.26. The van der Waals surface area contributed by atoms with Gasteiger partial charge in [0, 0.05) is 24.1 Å². The molecule has 0 radical (unpaired) electrons. The van der Waals surface area contributed by atoms with E-state index in [1.165, 1.54) is 12.1 Å². The molecule has 3 aromatic rings. The minimum Gasteiger partial charge on any atom is -0.493 e. The van der Waals surface area contributed by atoms with E-state index < -0.39 is 0 Å². The van der Waals surface area contributed by atoms with Crippen LogP contribution in [-0.4, -0.2) is 48.2 Å². The third kappa shape index (κ3) is 3.21. The van der Waals surface area contributed by atoms with Crippen molar-refractivity contribution >= 4 is 5.91 Å². The van der Waals surface area contributed by atoms with E-state index in [2.05, 4.69) is 10.4 Å². The molecule has 0 atom stereocenters. The Labute approximate surface area is 166 Å². The molecule has 2 aromatic carbocycles. The predicted molar refractivity (Wildman–Crippen MR) is 104 cm³/mol. The number of carbonyl (C=O) groups is 1. The molecular weight excluding hydrogens is 377 g/mol. The topological polar surface area (TPSA) is 85.6 Å². The van der Waals surface area contributed by atoms with Gasteiger partial charge < -0.3 is 19.9 Å². The van der Waals surface area contributed by atoms with Gasteiger partial charge in [0.05, 0.1) is 32.2 Å². The third-order valence-electron chi connectivity index (χ3n) is 4.90. The van der Waals surface area contributed by atoms with E-state index in [4.69, 9.17) is 14.6 Å². The molecule has 1 aromatic heterocycles. The Bertz CT molecular complexity index is 1080. The highest BCUT2D eigenvalue weighted by molar-refractivity contribution is 5.97. The lowest BCUT2D eigenvalue weighted by Gasteiger charge is -2.12. The normalized spacial score (nSPS) is 11.7. The summed E-state index contributed by atoms with van der Waals surface area (Å²) in [6, 6.07) is 9.65. The van der Waals surface area contributed by atoms with Crippen molar-refractivity contribution < 1.29 is 23.8 Å². The van der Waals surface area contributed by atoms with Crippen molar-refractivity contribution in [2.75, 3.05) is 27.4 Å². The molecule has 0 unspecified atom stereocenters. The molecule has 1 heterocycles. The molecule has 0 aliphatic heterocycles. The van der Waals surface area contributed by atoms with Gasteiger partial charge in [-0.25, -0.2) is 9.07 Å². The number of aromatic nitrogens is 2. The van der Waals surface area contributed by atoms with E-state index in [-0.39, 0.29) is 30.6 Å². The van der Waals surface area contributed by atoms with Gasteiger partial charge in [-0.3, -0.25) is 4.79 Å². The Morgan fingerprint density at radius 3 is 2.55 bits per heavy atom. The lowest BCUT2D eigenvalue weighted by molar-refractivity contribution is 0.0938. The van der Waals surface area contributed by atoms with Crippen molar-refractivity contribution in [3.05, 3.63) is 59.0 Å². The average Bonchev–Trinajstić information content (AvgIpc) is 3.28. The zero-order valence-corrected chi connectivity index (χ0v) is 16.0. The van der Waals surface area contributed by atoms with E-state index >= 15 is 0 Å². The van der Waals surface area contributed by atoms with E-state index in [1.54, 1.807) is 31.0 Å². The van der Waals surface area contributed by atoms with Gasteiger partial charge in [0.1, 0.15) is 5.82 Å². The minimum absolute atomic E-state index is 0.131. The first-order chi connectivity index (χ1) is 14.1. The van der Waals surface area contributed by atoms with Crippen LogP contribution in [0.2, 0.25) is 0 Å². The highest BCUT2D eigenvalue weighted by Crippen LogP contribution is 2.44. The SMILES string of the molecule is COc1cc2c(cc1OC)-c1c(c(C(=O)NCCO)nn1-c1ccc(F)cc1)C2. The van der Waals surface area contributed by atoms with Gasteiger partial charge in [-0.05, 0) is 42.0 Å². The molecule has 1 aliphatic rings. The average molecular weight is 397 g/mol. The maximum atomic E-state index is 13.4. The lowest BCUT2D eigenvalue weighted by Crippen LogP contribution is -2.27. The molecular formula is C21H20FN3O4. The second-order valence-electron chi connectivity index (χ2n) is 6.58. The van der Waals surface area contributed by atoms with Crippen LogP contribution in [-0.2, 0) is 6.42 Å². The van der Waals surface area contributed by atoms with Crippen molar-refractivity contribution in [1.29, 1.82) is 0 Å². The van der Waals surface area contributed by atoms with Gasteiger partial charge >= 0.3 is 0 Å². The van der Waals surface area contributed by atoms with Gasteiger partial charge in [0.15, 0.2) is 17.2 Å². The first-order valence-electron chi connectivity index (χ1n) is 9.09. The number of ether oxygens (including phenoxy) is 2. The fraction of sp³-hybridized carbons (Fsp3) is 0.238. The smallest absolute Gasteiger partial charge is 0.272 e. The van der Waals surface area contributed by atoms with Crippen LogP contribution in [0.5, 0.6) is 11.5 Å². The van der Waals surface area contributed by atoms with Gasteiger partial charge in [-0.15, -0.1) is 0 Å². The molecule has 0 bridgehead atoms. The number of hydrogen-bond acceptors (Lipinski definition) is 5. The number of amides is 1. The van der Waals surface area contributed by atoms with Gasteiger partial charge in [-0.1, -0.05) is 0 Å². The maximum Gasteiger partial charge on any atom is 0.272 e. The Hall–Kier alpha value is -3.39. The summed E-state index contributed by atoms with van der Waals surface area (Å²) in [6.45, 7) is -0.0349. The first kappa shape index (κ1) is 18.9. The third-order valence-corrected chi connectivity index (χ3v) is 4.90. The molecule has 0 saturated carbocycles. The van der Waals surface area contributed by atoms with Crippen LogP contribution in [0, 0.1) is 5.82 Å². The second-order valence-corrected chi connectivity index (χ2v) is 6.58. The fourth-order valence-corrected chi connectivity index (χ4v) is 3.58. The molecule has 150 valence electrons. The predicted octanol–water partition coefficient (Wildman–Crippen LogP) is 2.32. The van der Waals surface area contributed by atoms with Crippen LogP contribution in [0.1, 0.15) is 21.6 Å². The molecule has 0 saturated heterocycles. The molecule has 2 N–H and O–H groups in total. The molecule has 7 nitrogen and oxygen atoms in total. The number of aliphatic hydroxyl groups is 1. The lowest BCUT2D eigenvalue weighted by atomic mass is 10.1. The number of rotatable bonds is 6. The van der Waals surface area contributed by atoms with Crippen LogP contribution >= 0.6 is 0 Å². The first-order valence-corrected chi connectivity index (χ1v) is 9.09. The molecule has 29 heavy (non-hydrogen) atoms. The molecule has 8 heteroatoms. The highest BCUT2D eigenvalue weighted by Gasteiger charge is 2.32. The quantitative estimate of drug-likeness (QED) is 0.522. The van der Waals surface area contributed by atoms with E-state index in [1.807, 2.05) is 12.1 Å². The summed E-state index contributed by atoms with van der Waals surface area (Å²) in [7, 11) is 3.13. The van der Waals surface area contributed by atoms with Crippen LogP contribution in [0.25, 0.3) is 16.9 Å². The zero-order chi connectivity index (χ0) is 20.5. The minimum atomic E-state index is -0.372. The largest absolute Gasteiger partial charge is 0.493 e. The number of nitrogens with one attached hydrogen (secondary N) is 1. The second kappa shape index (κ2) is 7.56. The number of benzene rings is 2. The summed E-state index contributed by atoms with van der Waals surface area (Å²) in [5.74, 6) is 0.439. The van der Waals surface area contributed by atoms with E-state index in [9.17, 15) is 9.18 Å². The van der Waals surface area contributed by atoms with Crippen molar-refractivity contribution in [3.63, 3.8) is 0 Å². The van der Waals surface area contributed by atoms with Crippen LogP contribution in [0.3, 0.4) is 0 Å². The highest BCUT2D eigenvalue weighted by atomic mass is 19.1. The number of halogens is 1. The zero-order valence-electron chi connectivity index (χ0n) is 16.0. The van der Waals surface area contributed by atoms with Crippen LogP contribution < -0.4 is 14.8 Å². The summed E-state index contributed by atoms with van der Waals surface area (Å²) >= 11 is 0. The number of hydrogen-bond donors (Lipinski definition) is 2. The number of nitrogens with zero attached hydrogens (tertiary/aromatic N) is 2. The molecule has 0 fully saturated rings. The molecule has 1 amide bonds. The van der Waals surface area contributed by atoms with Gasteiger partial charge in [0.2, 0.25) is 0 Å². The summed E-state index contributed by atoms with van der Waals surface area (Å²) in [4.78, 5) is 12.7. The Kier molecular flexibility index (Phi) is 4.94. The summed E-state index contributed by atoms with van der Waals surface area (Å²) in [5, 5.41) is 16.2. The Morgan fingerprint density at radius 2 is 1.90 bits per heavy atom. The summed E-state index contributed by atoms with van der Waals surface area (Å²) in [6.07, 6.45) is 0.494.